The van der Waals surface area contributed by atoms with Crippen LogP contribution in [-0.4, -0.2) is 84.3 Å². The number of aromatic nitrogens is 4. The van der Waals surface area contributed by atoms with Crippen molar-refractivity contribution in [2.24, 2.45) is 29.4 Å². The van der Waals surface area contributed by atoms with E-state index in [1.54, 1.807) is 0 Å². The van der Waals surface area contributed by atoms with E-state index in [2.05, 4.69) is 37.6 Å². The number of hydrazone groups is 1. The van der Waals surface area contributed by atoms with Crippen LogP contribution in [0.15, 0.2) is 35.2 Å². The molecule has 0 spiro atoms. The maximum atomic E-state index is 13.0. The molecule has 0 bridgehead atoms. The molecule has 2 saturated carbocycles. The second-order valence-electron chi connectivity index (χ2n) is 12.9. The third-order valence-electron chi connectivity index (χ3n) is 9.96. The maximum absolute atomic E-state index is 13.0. The van der Waals surface area contributed by atoms with Crippen molar-refractivity contribution in [2.75, 3.05) is 26.3 Å². The summed E-state index contributed by atoms with van der Waals surface area (Å²) in [5.41, 5.74) is 0.150. The van der Waals surface area contributed by atoms with Gasteiger partial charge in [0.15, 0.2) is 12.0 Å². The van der Waals surface area contributed by atoms with Gasteiger partial charge in [-0.15, -0.1) is 10.2 Å². The summed E-state index contributed by atoms with van der Waals surface area (Å²) in [5.74, 6) is 2.51. The van der Waals surface area contributed by atoms with E-state index in [-0.39, 0.29) is 37.0 Å². The molecule has 3 fully saturated rings. The molecular weight excluding hydrogens is 575 g/mol. The van der Waals surface area contributed by atoms with Gasteiger partial charge < -0.3 is 19.5 Å². The molecule has 2 N–H and O–H groups in total. The van der Waals surface area contributed by atoms with Crippen LogP contribution in [0.2, 0.25) is 0 Å². The van der Waals surface area contributed by atoms with Gasteiger partial charge in [0.1, 0.15) is 18.6 Å². The lowest BCUT2D eigenvalue weighted by Gasteiger charge is -2.52. The van der Waals surface area contributed by atoms with E-state index in [4.69, 9.17) is 4.74 Å². The van der Waals surface area contributed by atoms with Crippen molar-refractivity contribution in [2.45, 2.75) is 76.1 Å². The fraction of sp³-hybridized carbons (Fsp3) is 0.645. The number of allylic oxidation sites excluding steroid dienone is 1. The van der Waals surface area contributed by atoms with Gasteiger partial charge in [-0.1, -0.05) is 4.68 Å². The van der Waals surface area contributed by atoms with Crippen molar-refractivity contribution >= 4 is 12.4 Å². The van der Waals surface area contributed by atoms with Crippen molar-refractivity contribution in [3.63, 3.8) is 0 Å². The Morgan fingerprint density at radius 1 is 1.02 bits per heavy atom. The van der Waals surface area contributed by atoms with E-state index >= 15 is 0 Å². The summed E-state index contributed by atoms with van der Waals surface area (Å²) in [6.45, 7) is 1.66. The highest BCUT2D eigenvalue weighted by Gasteiger charge is 2.45. The Hall–Kier alpha value is -3.16. The van der Waals surface area contributed by atoms with E-state index in [1.807, 2.05) is 22.5 Å². The van der Waals surface area contributed by atoms with Crippen molar-refractivity contribution in [3.05, 3.63) is 47.3 Å². The lowest BCUT2D eigenvalue weighted by atomic mass is 9.77. The fourth-order valence-electron chi connectivity index (χ4n) is 7.15. The van der Waals surface area contributed by atoms with E-state index in [9.17, 15) is 23.4 Å². The SMILES string of the molecule is Cn1c(COc2cc(C(F)(F)F)ccn2)nnc1C1CCC(C2=C/[N+](=C/C3CCC(N4CC(CO)(CO)C4)CC3)N=C2)CC1. The first kappa shape index (κ1) is 30.8. The first-order valence-electron chi connectivity index (χ1n) is 15.6. The van der Waals surface area contributed by atoms with Crippen LogP contribution < -0.4 is 4.74 Å². The summed E-state index contributed by atoms with van der Waals surface area (Å²) in [6.07, 6.45) is 11.5. The topological polar surface area (TPSA) is 112 Å². The van der Waals surface area contributed by atoms with Gasteiger partial charge in [-0.05, 0) is 68.5 Å². The highest BCUT2D eigenvalue weighted by atomic mass is 19.4. The van der Waals surface area contributed by atoms with Gasteiger partial charge in [-0.3, -0.25) is 4.90 Å². The zero-order valence-electron chi connectivity index (χ0n) is 25.0. The number of pyridine rings is 1. The van der Waals surface area contributed by atoms with Crippen LogP contribution in [0.3, 0.4) is 0 Å². The Kier molecular flexibility index (Phi) is 8.89. The molecule has 0 atom stereocenters. The molecule has 2 aromatic heterocycles. The Labute approximate surface area is 255 Å². The van der Waals surface area contributed by atoms with Crippen LogP contribution in [0, 0.1) is 17.3 Å². The number of halogens is 3. The molecule has 4 heterocycles. The van der Waals surface area contributed by atoms with Gasteiger partial charge in [0, 0.05) is 61.3 Å². The molecule has 6 rings (SSSR count). The molecule has 44 heavy (non-hydrogen) atoms. The van der Waals surface area contributed by atoms with Crippen molar-refractivity contribution < 1.29 is 32.8 Å². The van der Waals surface area contributed by atoms with Crippen molar-refractivity contribution in [1.29, 1.82) is 0 Å². The first-order chi connectivity index (χ1) is 21.2. The van der Waals surface area contributed by atoms with Gasteiger partial charge in [0.25, 0.3) is 0 Å². The van der Waals surface area contributed by atoms with Crippen LogP contribution >= 0.6 is 0 Å². The smallest absolute Gasteiger partial charge is 0.416 e. The molecule has 0 radical (unpaired) electrons. The van der Waals surface area contributed by atoms with E-state index < -0.39 is 11.7 Å². The monoisotopic (exact) mass is 616 g/mol. The summed E-state index contributed by atoms with van der Waals surface area (Å²) < 4.78 is 48.4. The number of aliphatic hydroxyl groups excluding tert-OH is 2. The number of alkyl halides is 3. The molecule has 4 aliphatic rings. The highest BCUT2D eigenvalue weighted by molar-refractivity contribution is 5.80. The lowest BCUT2D eigenvalue weighted by Crippen LogP contribution is -2.63. The Morgan fingerprint density at radius 2 is 1.73 bits per heavy atom. The number of nitrogens with zero attached hydrogens (tertiary/aromatic N) is 7. The molecule has 1 saturated heterocycles. The van der Waals surface area contributed by atoms with Gasteiger partial charge in [0.2, 0.25) is 12.1 Å². The summed E-state index contributed by atoms with van der Waals surface area (Å²) in [5, 5.41) is 32.4. The van der Waals surface area contributed by atoms with Crippen molar-refractivity contribution in [1.82, 2.24) is 24.6 Å². The number of hydrogen-bond donors (Lipinski definition) is 2. The Balaban J connectivity index is 0.968. The lowest BCUT2D eigenvalue weighted by molar-refractivity contribution is -0.455. The molecule has 2 aliphatic heterocycles. The van der Waals surface area contributed by atoms with Crippen LogP contribution in [0.1, 0.15) is 74.5 Å². The number of likely N-dealkylation sites (tertiary alicyclic amines) is 1. The first-order valence-corrected chi connectivity index (χ1v) is 15.6. The molecule has 2 aliphatic carbocycles. The van der Waals surface area contributed by atoms with Crippen LogP contribution in [-0.2, 0) is 19.8 Å². The molecule has 0 amide bonds. The third-order valence-corrected chi connectivity index (χ3v) is 9.96. The third kappa shape index (κ3) is 6.59. The largest absolute Gasteiger partial charge is 0.469 e. The maximum Gasteiger partial charge on any atom is 0.416 e. The fourth-order valence-corrected chi connectivity index (χ4v) is 7.15. The quantitative estimate of drug-likeness (QED) is 0.411. The zero-order valence-corrected chi connectivity index (χ0v) is 25.0. The zero-order chi connectivity index (χ0) is 30.9. The second-order valence-corrected chi connectivity index (χ2v) is 12.9. The molecule has 13 heteroatoms. The summed E-state index contributed by atoms with van der Waals surface area (Å²) in [7, 11) is 1.87. The standard InChI is InChI=1S/C31H41F3N7O3/c1-39-27(16-44-28-12-25(10-11-35-28)31(32,33)34)37-38-29(39)23-6-4-22(5-7-23)24-13-36-41(15-24)14-21-2-8-26(9-3-21)40-17-30(18-40,19-42)20-43/h10-15,21-23,26,42-43H,2-9,16-20H2,1H3/q+1/b41-14-. The molecule has 10 nitrogen and oxygen atoms in total. The van der Waals surface area contributed by atoms with Gasteiger partial charge in [-0.2, -0.15) is 13.2 Å². The van der Waals surface area contributed by atoms with E-state index in [0.29, 0.717) is 23.7 Å². The molecule has 238 valence electrons. The normalized spacial score (nSPS) is 28.2. The van der Waals surface area contributed by atoms with Crippen molar-refractivity contribution in [3.8, 4) is 5.88 Å². The Bertz CT molecular complexity index is 1390. The predicted octanol–water partition coefficient (Wildman–Crippen LogP) is 3.89. The second kappa shape index (κ2) is 12.7. The minimum Gasteiger partial charge on any atom is -0.469 e. The van der Waals surface area contributed by atoms with Gasteiger partial charge >= 0.3 is 6.18 Å². The average molecular weight is 617 g/mol. The molecule has 2 aromatic rings. The van der Waals surface area contributed by atoms with Crippen LogP contribution in [0.25, 0.3) is 0 Å². The minimum atomic E-state index is -4.46. The number of rotatable bonds is 9. The molecular formula is C31H41F3N7O3+. The molecule has 0 unspecified atom stereocenters. The Morgan fingerprint density at radius 3 is 2.41 bits per heavy atom. The number of aliphatic hydroxyl groups is 2. The average Bonchev–Trinajstić information content (AvgIpc) is 3.63. The van der Waals surface area contributed by atoms with E-state index in [0.717, 1.165) is 88.6 Å². The number of hydrogen-bond acceptors (Lipinski definition) is 8. The predicted molar refractivity (Wildman–Crippen MR) is 156 cm³/mol. The molecule has 0 aromatic carbocycles. The summed E-state index contributed by atoms with van der Waals surface area (Å²) >= 11 is 0. The highest BCUT2D eigenvalue weighted by Crippen LogP contribution is 2.39. The van der Waals surface area contributed by atoms with Gasteiger partial charge in [-0.25, -0.2) is 4.98 Å². The minimum absolute atomic E-state index is 0.0170. The van der Waals surface area contributed by atoms with Gasteiger partial charge in [0.05, 0.1) is 18.8 Å². The number of ether oxygens (including phenoxy) is 1. The summed E-state index contributed by atoms with van der Waals surface area (Å²) in [4.78, 5) is 6.30. The van der Waals surface area contributed by atoms with E-state index in [1.165, 1.54) is 5.57 Å². The summed E-state index contributed by atoms with van der Waals surface area (Å²) in [6, 6.07) is 2.34. The van der Waals surface area contributed by atoms with Crippen LogP contribution in [0.4, 0.5) is 13.2 Å². The van der Waals surface area contributed by atoms with Crippen LogP contribution in [0.5, 0.6) is 5.88 Å².